The second-order valence-corrected chi connectivity index (χ2v) is 5.81. The van der Waals surface area contributed by atoms with Crippen molar-refractivity contribution in [2.75, 3.05) is 0 Å². The van der Waals surface area contributed by atoms with Crippen LogP contribution in [0.3, 0.4) is 0 Å². The number of nitrogens with zero attached hydrogens (tertiary/aromatic N) is 2. The van der Waals surface area contributed by atoms with Crippen LogP contribution in [0.1, 0.15) is 22.5 Å². The number of nitrogens with one attached hydrogen (secondary N) is 1. The third-order valence-electron chi connectivity index (χ3n) is 4.39. The molecule has 1 aromatic carbocycles. The molecule has 4 heteroatoms. The third-order valence-corrected chi connectivity index (χ3v) is 4.39. The summed E-state index contributed by atoms with van der Waals surface area (Å²) in [4.78, 5) is 0. The lowest BCUT2D eigenvalue weighted by molar-refractivity contribution is 0.361. The summed E-state index contributed by atoms with van der Waals surface area (Å²) >= 11 is 0. The van der Waals surface area contributed by atoms with Gasteiger partial charge >= 0.3 is 0 Å². The van der Waals surface area contributed by atoms with Crippen LogP contribution in [0.15, 0.2) is 30.3 Å². The Hall–Kier alpha value is -1.65. The molecule has 2 aromatic rings. The lowest BCUT2D eigenvalue weighted by Gasteiger charge is -2.22. The van der Waals surface area contributed by atoms with E-state index in [0.29, 0.717) is 5.92 Å². The second kappa shape index (κ2) is 5.38. The molecule has 20 heavy (non-hydrogen) atoms. The van der Waals surface area contributed by atoms with Gasteiger partial charge in [0.2, 0.25) is 0 Å². The van der Waals surface area contributed by atoms with Crippen LogP contribution in [0.25, 0.3) is 0 Å². The zero-order valence-electron chi connectivity index (χ0n) is 12.1. The van der Waals surface area contributed by atoms with Gasteiger partial charge < -0.3 is 0 Å². The van der Waals surface area contributed by atoms with E-state index in [4.69, 9.17) is 5.84 Å². The van der Waals surface area contributed by atoms with Crippen LogP contribution in [0, 0.1) is 12.8 Å². The van der Waals surface area contributed by atoms with Gasteiger partial charge in [-0.3, -0.25) is 16.0 Å². The number of fused-ring (bicyclic) bond motifs is 1. The van der Waals surface area contributed by atoms with E-state index in [1.807, 2.05) is 18.7 Å². The van der Waals surface area contributed by atoms with Crippen LogP contribution in [-0.2, 0) is 26.3 Å². The first-order chi connectivity index (χ1) is 9.67. The van der Waals surface area contributed by atoms with Crippen LogP contribution in [0.2, 0.25) is 0 Å². The highest BCUT2D eigenvalue weighted by molar-refractivity contribution is 5.32. The molecule has 1 aromatic heterocycles. The number of nitrogens with two attached hydrogens (primary N) is 1. The van der Waals surface area contributed by atoms with Gasteiger partial charge in [-0.05, 0) is 42.9 Å². The number of aromatic nitrogens is 2. The summed E-state index contributed by atoms with van der Waals surface area (Å²) < 4.78 is 1.96. The monoisotopic (exact) mass is 270 g/mol. The molecule has 0 radical (unpaired) electrons. The molecular formula is C16H22N4. The molecule has 3 N–H and O–H groups in total. The fraction of sp³-hybridized carbons (Fsp3) is 0.438. The van der Waals surface area contributed by atoms with Crippen LogP contribution in [0.5, 0.6) is 0 Å². The maximum absolute atomic E-state index is 5.81. The van der Waals surface area contributed by atoms with E-state index in [9.17, 15) is 0 Å². The van der Waals surface area contributed by atoms with Crippen molar-refractivity contribution in [3.63, 3.8) is 0 Å². The Kier molecular flexibility index (Phi) is 3.59. The Morgan fingerprint density at radius 1 is 1.35 bits per heavy atom. The quantitative estimate of drug-likeness (QED) is 0.654. The van der Waals surface area contributed by atoms with Crippen molar-refractivity contribution >= 4 is 0 Å². The molecule has 1 unspecified atom stereocenters. The smallest absolute Gasteiger partial charge is 0.0596 e. The molecule has 1 aliphatic carbocycles. The number of hydrazine groups is 1. The largest absolute Gasteiger partial charge is 0.272 e. The van der Waals surface area contributed by atoms with E-state index in [1.165, 1.54) is 16.8 Å². The normalized spacial score (nSPS) is 16.4. The topological polar surface area (TPSA) is 55.9 Å². The summed E-state index contributed by atoms with van der Waals surface area (Å²) in [6, 6.07) is 11.1. The molecule has 0 saturated heterocycles. The Morgan fingerprint density at radius 2 is 2.00 bits per heavy atom. The van der Waals surface area contributed by atoms with Crippen molar-refractivity contribution in [2.45, 2.75) is 32.2 Å². The van der Waals surface area contributed by atoms with E-state index in [2.05, 4.69) is 40.9 Å². The van der Waals surface area contributed by atoms with E-state index in [-0.39, 0.29) is 6.04 Å². The van der Waals surface area contributed by atoms with Crippen LogP contribution in [-0.4, -0.2) is 15.8 Å². The molecule has 0 amide bonds. The first-order valence-corrected chi connectivity index (χ1v) is 7.20. The van der Waals surface area contributed by atoms with Crippen molar-refractivity contribution in [1.82, 2.24) is 15.2 Å². The average molecular weight is 270 g/mol. The molecule has 0 bridgehead atoms. The highest BCUT2D eigenvalue weighted by atomic mass is 15.3. The van der Waals surface area contributed by atoms with Gasteiger partial charge in [-0.15, -0.1) is 0 Å². The molecule has 0 fully saturated rings. The first kappa shape index (κ1) is 13.3. The van der Waals surface area contributed by atoms with E-state index in [1.54, 1.807) is 0 Å². The standard InChI is InChI=1S/C16H22N4/c1-11-7-15(20(2)19-11)10-16(18-17)14-8-12-5-3-4-6-13(12)9-14/h3-7,14,16,18H,8-10,17H2,1-2H3. The van der Waals surface area contributed by atoms with Gasteiger partial charge in [0, 0.05) is 25.2 Å². The highest BCUT2D eigenvalue weighted by Crippen LogP contribution is 2.29. The van der Waals surface area contributed by atoms with Gasteiger partial charge in [-0.1, -0.05) is 24.3 Å². The van der Waals surface area contributed by atoms with Crippen molar-refractivity contribution in [2.24, 2.45) is 18.8 Å². The lowest BCUT2D eigenvalue weighted by Crippen LogP contribution is -2.43. The van der Waals surface area contributed by atoms with Crippen molar-refractivity contribution in [3.05, 3.63) is 52.8 Å². The number of aryl methyl sites for hydroxylation is 2. The fourth-order valence-corrected chi connectivity index (χ4v) is 3.32. The number of hydrogen-bond acceptors (Lipinski definition) is 3. The lowest BCUT2D eigenvalue weighted by atomic mass is 9.93. The van der Waals surface area contributed by atoms with Crippen LogP contribution >= 0.6 is 0 Å². The summed E-state index contributed by atoms with van der Waals surface area (Å²) in [6.07, 6.45) is 3.15. The van der Waals surface area contributed by atoms with Gasteiger partial charge in [0.25, 0.3) is 0 Å². The number of hydrogen-bond donors (Lipinski definition) is 2. The van der Waals surface area contributed by atoms with Gasteiger partial charge in [0.15, 0.2) is 0 Å². The molecule has 1 atom stereocenters. The summed E-state index contributed by atoms with van der Waals surface area (Å²) in [6.45, 7) is 2.03. The molecule has 106 valence electrons. The molecule has 1 heterocycles. The Labute approximate surface area is 120 Å². The molecule has 0 spiro atoms. The van der Waals surface area contributed by atoms with Gasteiger partial charge in [0.05, 0.1) is 5.69 Å². The molecule has 1 aliphatic rings. The van der Waals surface area contributed by atoms with Crippen molar-refractivity contribution in [3.8, 4) is 0 Å². The van der Waals surface area contributed by atoms with Crippen molar-refractivity contribution in [1.29, 1.82) is 0 Å². The van der Waals surface area contributed by atoms with Gasteiger partial charge in [0.1, 0.15) is 0 Å². The summed E-state index contributed by atoms with van der Waals surface area (Å²) in [5.74, 6) is 6.38. The van der Waals surface area contributed by atoms with E-state index < -0.39 is 0 Å². The van der Waals surface area contributed by atoms with Gasteiger partial charge in [-0.2, -0.15) is 5.10 Å². The summed E-state index contributed by atoms with van der Waals surface area (Å²) in [7, 11) is 2.00. The molecule has 0 saturated carbocycles. The minimum atomic E-state index is 0.289. The predicted molar refractivity (Wildman–Crippen MR) is 80.1 cm³/mol. The van der Waals surface area contributed by atoms with Crippen LogP contribution in [0.4, 0.5) is 0 Å². The molecule has 3 rings (SSSR count). The van der Waals surface area contributed by atoms with Gasteiger partial charge in [-0.25, -0.2) is 0 Å². The maximum Gasteiger partial charge on any atom is 0.0596 e. The number of benzene rings is 1. The number of rotatable bonds is 4. The Bertz CT molecular complexity index is 577. The van der Waals surface area contributed by atoms with Crippen molar-refractivity contribution < 1.29 is 0 Å². The second-order valence-electron chi connectivity index (χ2n) is 5.81. The van der Waals surface area contributed by atoms with Crippen LogP contribution < -0.4 is 11.3 Å². The van der Waals surface area contributed by atoms with E-state index >= 15 is 0 Å². The fourth-order valence-electron chi connectivity index (χ4n) is 3.32. The Morgan fingerprint density at radius 3 is 2.50 bits per heavy atom. The Balaban J connectivity index is 1.74. The summed E-state index contributed by atoms with van der Waals surface area (Å²) in [5.41, 5.74) is 8.27. The maximum atomic E-state index is 5.81. The highest BCUT2D eigenvalue weighted by Gasteiger charge is 2.28. The van der Waals surface area contributed by atoms with E-state index in [0.717, 1.165) is 25.0 Å². The minimum Gasteiger partial charge on any atom is -0.272 e. The zero-order valence-corrected chi connectivity index (χ0v) is 12.1. The SMILES string of the molecule is Cc1cc(CC(NN)C2Cc3ccccc3C2)n(C)n1. The first-order valence-electron chi connectivity index (χ1n) is 7.20. The average Bonchev–Trinajstić information content (AvgIpc) is 2.99. The minimum absolute atomic E-state index is 0.289. The predicted octanol–water partition coefficient (Wildman–Crippen LogP) is 1.52. The third kappa shape index (κ3) is 2.49. The molecule has 4 nitrogen and oxygen atoms in total. The zero-order chi connectivity index (χ0) is 14.1. The molecule has 0 aliphatic heterocycles. The molecular weight excluding hydrogens is 248 g/mol. The summed E-state index contributed by atoms with van der Waals surface area (Å²) in [5, 5.41) is 4.41.